The Morgan fingerprint density at radius 2 is 1.78 bits per heavy atom. The summed E-state index contributed by atoms with van der Waals surface area (Å²) in [5.74, 6) is 0.342. The van der Waals surface area contributed by atoms with E-state index in [1.165, 1.54) is 12.1 Å². The Morgan fingerprint density at radius 3 is 2.48 bits per heavy atom. The topological polar surface area (TPSA) is 140 Å². The van der Waals surface area contributed by atoms with Gasteiger partial charge in [-0.15, -0.1) is 0 Å². The molecule has 50 heavy (non-hydrogen) atoms. The molecular formula is C37H47N7O5S. The van der Waals surface area contributed by atoms with Crippen molar-refractivity contribution < 1.29 is 22.7 Å². The minimum absolute atomic E-state index is 0.0362. The molecule has 0 saturated heterocycles. The summed E-state index contributed by atoms with van der Waals surface area (Å²) < 4.78 is 41.7. The van der Waals surface area contributed by atoms with Crippen molar-refractivity contribution in [1.29, 1.82) is 0 Å². The molecule has 2 aromatic heterocycles. The maximum absolute atomic E-state index is 14.5. The number of carbonyl (C=O) groups is 1. The quantitative estimate of drug-likeness (QED) is 0.219. The van der Waals surface area contributed by atoms with Crippen LogP contribution in [0.15, 0.2) is 65.8 Å². The number of hydrogen-bond acceptors (Lipinski definition) is 10. The molecule has 4 aromatic rings. The first-order chi connectivity index (χ1) is 23.6. The van der Waals surface area contributed by atoms with Gasteiger partial charge in [0.1, 0.15) is 12.4 Å². The van der Waals surface area contributed by atoms with Crippen LogP contribution in [0.1, 0.15) is 67.7 Å². The van der Waals surface area contributed by atoms with E-state index in [1.807, 2.05) is 50.9 Å². The van der Waals surface area contributed by atoms with Crippen molar-refractivity contribution in [2.45, 2.75) is 77.9 Å². The molecule has 0 saturated carbocycles. The molecule has 1 aliphatic heterocycles. The summed E-state index contributed by atoms with van der Waals surface area (Å²) in [6, 6.07) is 13.2. The number of anilines is 2. The highest BCUT2D eigenvalue weighted by atomic mass is 32.2. The molecule has 3 heterocycles. The van der Waals surface area contributed by atoms with Crippen LogP contribution in [0.3, 0.4) is 0 Å². The SMILES string of the molecule is COC[C@@H](C)N(C)c1cncc(CN2C(=O)c3cccc(c3)S(=O)(=O)Nc3nc(cc(-c4c(C)cccc4C)n3)OC[C@H]2CCC(C)(C)C)n1. The van der Waals surface area contributed by atoms with Crippen LogP contribution in [0.25, 0.3) is 11.3 Å². The summed E-state index contributed by atoms with van der Waals surface area (Å²) in [5.41, 5.74) is 4.07. The molecule has 12 nitrogen and oxygen atoms in total. The van der Waals surface area contributed by atoms with Gasteiger partial charge in [-0.2, -0.15) is 4.98 Å². The average molecular weight is 702 g/mol. The zero-order valence-electron chi connectivity index (χ0n) is 30.1. The van der Waals surface area contributed by atoms with Crippen LogP contribution in [0, 0.1) is 19.3 Å². The van der Waals surface area contributed by atoms with E-state index in [0.717, 1.165) is 23.1 Å². The molecule has 5 rings (SSSR count). The van der Waals surface area contributed by atoms with E-state index in [-0.39, 0.29) is 52.8 Å². The van der Waals surface area contributed by atoms with Gasteiger partial charge in [0.2, 0.25) is 11.8 Å². The first kappa shape index (κ1) is 36.7. The number of aromatic nitrogens is 4. The second-order valence-corrected chi connectivity index (χ2v) is 15.8. The molecule has 0 fully saturated rings. The number of sulfonamides is 1. The summed E-state index contributed by atoms with van der Waals surface area (Å²) in [5, 5.41) is 0. The van der Waals surface area contributed by atoms with Gasteiger partial charge in [0.25, 0.3) is 15.9 Å². The maximum atomic E-state index is 14.5. The summed E-state index contributed by atoms with van der Waals surface area (Å²) >= 11 is 0. The van der Waals surface area contributed by atoms with E-state index in [9.17, 15) is 13.2 Å². The van der Waals surface area contributed by atoms with Gasteiger partial charge in [0.15, 0.2) is 0 Å². The second kappa shape index (κ2) is 15.1. The van der Waals surface area contributed by atoms with Crippen LogP contribution in [0.5, 0.6) is 5.88 Å². The van der Waals surface area contributed by atoms with Gasteiger partial charge < -0.3 is 19.3 Å². The number of nitrogens with one attached hydrogen (secondary N) is 1. The number of benzene rings is 2. The van der Waals surface area contributed by atoms with Crippen molar-refractivity contribution in [3.8, 4) is 17.1 Å². The molecule has 2 aromatic carbocycles. The van der Waals surface area contributed by atoms with Crippen molar-refractivity contribution in [3.63, 3.8) is 0 Å². The van der Waals surface area contributed by atoms with Crippen LogP contribution in [-0.4, -0.2) is 78.6 Å². The second-order valence-electron chi connectivity index (χ2n) is 14.1. The maximum Gasteiger partial charge on any atom is 0.264 e. The number of aryl methyl sites for hydroxylation is 2. The fourth-order valence-electron chi connectivity index (χ4n) is 5.90. The third-order valence-corrected chi connectivity index (χ3v) is 10.2. The van der Waals surface area contributed by atoms with E-state index in [4.69, 9.17) is 14.5 Å². The van der Waals surface area contributed by atoms with Gasteiger partial charge in [-0.1, -0.05) is 45.0 Å². The number of likely N-dealkylation sites (N-methyl/N-ethyl adjacent to an activating group) is 1. The number of rotatable bonds is 9. The van der Waals surface area contributed by atoms with Crippen molar-refractivity contribution in [3.05, 3.63) is 83.3 Å². The largest absolute Gasteiger partial charge is 0.475 e. The third kappa shape index (κ3) is 8.75. The smallest absolute Gasteiger partial charge is 0.264 e. The number of amides is 1. The highest BCUT2D eigenvalue weighted by Crippen LogP contribution is 2.31. The van der Waals surface area contributed by atoms with E-state index in [2.05, 4.69) is 40.4 Å². The zero-order valence-corrected chi connectivity index (χ0v) is 30.9. The Labute approximate surface area is 295 Å². The molecule has 2 atom stereocenters. The van der Waals surface area contributed by atoms with Crippen molar-refractivity contribution in [2.75, 3.05) is 37.0 Å². The normalized spacial score (nSPS) is 16.7. The lowest BCUT2D eigenvalue weighted by atomic mass is 9.88. The lowest BCUT2D eigenvalue weighted by Crippen LogP contribution is -2.44. The summed E-state index contributed by atoms with van der Waals surface area (Å²) in [6.45, 7) is 13.1. The number of methoxy groups -OCH3 is 1. The lowest BCUT2D eigenvalue weighted by Gasteiger charge is -2.33. The minimum atomic E-state index is -4.19. The van der Waals surface area contributed by atoms with Crippen LogP contribution in [-0.2, 0) is 21.3 Å². The van der Waals surface area contributed by atoms with E-state index < -0.39 is 16.1 Å². The molecule has 0 radical (unpaired) electrons. The van der Waals surface area contributed by atoms with E-state index >= 15 is 0 Å². The lowest BCUT2D eigenvalue weighted by molar-refractivity contribution is 0.0549. The number of nitrogens with zero attached hydrogens (tertiary/aromatic N) is 6. The number of fused-ring (bicyclic) bond motifs is 4. The van der Waals surface area contributed by atoms with Gasteiger partial charge in [-0.05, 0) is 68.4 Å². The molecule has 1 N–H and O–H groups in total. The van der Waals surface area contributed by atoms with Gasteiger partial charge in [0.05, 0.1) is 53.9 Å². The average Bonchev–Trinajstić information content (AvgIpc) is 3.06. The first-order valence-corrected chi connectivity index (χ1v) is 18.2. The van der Waals surface area contributed by atoms with Crippen molar-refractivity contribution in [1.82, 2.24) is 24.8 Å². The van der Waals surface area contributed by atoms with Gasteiger partial charge >= 0.3 is 0 Å². The van der Waals surface area contributed by atoms with E-state index in [0.29, 0.717) is 30.2 Å². The molecule has 0 aliphatic carbocycles. The Bertz CT molecular complexity index is 1930. The Kier molecular flexibility index (Phi) is 11.1. The monoisotopic (exact) mass is 701 g/mol. The first-order valence-electron chi connectivity index (χ1n) is 16.7. The zero-order chi connectivity index (χ0) is 36.2. The molecule has 1 aliphatic rings. The fourth-order valence-corrected chi connectivity index (χ4v) is 6.89. The third-order valence-electron chi connectivity index (χ3n) is 8.84. The molecule has 0 unspecified atom stereocenters. The summed E-state index contributed by atoms with van der Waals surface area (Å²) in [4.78, 5) is 36.6. The van der Waals surface area contributed by atoms with Crippen molar-refractivity contribution in [2.24, 2.45) is 5.41 Å². The Morgan fingerprint density at radius 1 is 1.06 bits per heavy atom. The Hall–Kier alpha value is -4.62. The van der Waals surface area contributed by atoms with Crippen LogP contribution < -0.4 is 14.4 Å². The summed E-state index contributed by atoms with van der Waals surface area (Å²) in [7, 11) is -0.615. The van der Waals surface area contributed by atoms with Gasteiger partial charge in [-0.25, -0.2) is 23.1 Å². The predicted octanol–water partition coefficient (Wildman–Crippen LogP) is 6.05. The Balaban J connectivity index is 1.63. The molecule has 266 valence electrons. The van der Waals surface area contributed by atoms with Crippen LogP contribution in [0.2, 0.25) is 0 Å². The minimum Gasteiger partial charge on any atom is -0.475 e. The summed E-state index contributed by atoms with van der Waals surface area (Å²) in [6.07, 6.45) is 4.71. The molecule has 4 bridgehead atoms. The highest BCUT2D eigenvalue weighted by Gasteiger charge is 2.30. The van der Waals surface area contributed by atoms with Crippen LogP contribution in [0.4, 0.5) is 11.8 Å². The molecular weight excluding hydrogens is 655 g/mol. The number of hydrogen-bond donors (Lipinski definition) is 1. The van der Waals surface area contributed by atoms with Gasteiger partial charge in [-0.3, -0.25) is 9.78 Å². The molecule has 0 spiro atoms. The number of ether oxygens (including phenoxy) is 2. The predicted molar refractivity (Wildman–Crippen MR) is 194 cm³/mol. The molecule has 1 amide bonds. The van der Waals surface area contributed by atoms with E-state index in [1.54, 1.807) is 42.6 Å². The molecule has 13 heteroatoms. The van der Waals surface area contributed by atoms with Crippen molar-refractivity contribution >= 4 is 27.7 Å². The standard InChI is InChI=1S/C37H47N7O5S/c1-24-11-9-12-25(2)34(24)31-18-33-41-36(40-31)42-50(46,47)30-14-10-13-27(17-30)35(45)44(29(23-49-33)15-16-37(4,5)6)21-28-19-38-20-32(39-28)43(7)26(3)22-48-8/h9-14,17-20,26,29H,15-16,21-23H2,1-8H3,(H,40,41,42)/t26-,29-/m1/s1. The van der Waals surface area contributed by atoms with Crippen LogP contribution >= 0.6 is 0 Å². The highest BCUT2D eigenvalue weighted by molar-refractivity contribution is 7.92. The van der Waals surface area contributed by atoms with Gasteiger partial charge in [0, 0.05) is 31.4 Å². The number of carbonyl (C=O) groups excluding carboxylic acids is 1. The fraction of sp³-hybridized carbons (Fsp3) is 0.432.